The van der Waals surface area contributed by atoms with E-state index in [-0.39, 0.29) is 10.9 Å². The van der Waals surface area contributed by atoms with E-state index in [1.54, 1.807) is 18.2 Å². The van der Waals surface area contributed by atoms with Crippen LogP contribution in [0.5, 0.6) is 0 Å². The van der Waals surface area contributed by atoms with Crippen molar-refractivity contribution in [2.75, 3.05) is 11.1 Å². The van der Waals surface area contributed by atoms with Gasteiger partial charge in [-0.15, -0.1) is 0 Å². The van der Waals surface area contributed by atoms with E-state index in [1.807, 2.05) is 13.0 Å². The van der Waals surface area contributed by atoms with Gasteiger partial charge >= 0.3 is 5.00 Å². The lowest BCUT2D eigenvalue weighted by molar-refractivity contribution is -0.380. The first-order chi connectivity index (χ1) is 9.95. The fraction of sp³-hybridized carbons (Fsp3) is 0.0714. The normalized spacial score (nSPS) is 10.7. The molecule has 21 heavy (non-hydrogen) atoms. The van der Waals surface area contributed by atoms with Crippen LogP contribution >= 0.6 is 11.3 Å². The summed E-state index contributed by atoms with van der Waals surface area (Å²) in [5, 5.41) is 13.3. The van der Waals surface area contributed by atoms with Crippen LogP contribution in [0, 0.1) is 17.0 Å². The number of anilines is 2. The first-order valence-electron chi connectivity index (χ1n) is 6.05. The molecule has 0 aliphatic rings. The molecule has 0 spiro atoms. The van der Waals surface area contributed by atoms with Gasteiger partial charge in [-0.3, -0.25) is 14.9 Å². The lowest BCUT2D eigenvalue weighted by Gasteiger charge is -2.06. The van der Waals surface area contributed by atoms with Crippen molar-refractivity contribution in [2.45, 2.75) is 6.92 Å². The van der Waals surface area contributed by atoms with E-state index in [9.17, 15) is 14.9 Å². The molecule has 0 saturated heterocycles. The molecule has 0 saturated carbocycles. The maximum atomic E-state index is 11.8. The van der Waals surface area contributed by atoms with Crippen molar-refractivity contribution in [3.8, 4) is 0 Å². The minimum atomic E-state index is -0.463. The number of benzene rings is 1. The molecular weight excluding hydrogens is 290 g/mol. The van der Waals surface area contributed by atoms with Gasteiger partial charge in [0.05, 0.1) is 16.3 Å². The third kappa shape index (κ3) is 3.90. The number of amides is 1. The summed E-state index contributed by atoms with van der Waals surface area (Å²) in [6.07, 6.45) is 2.84. The molecule has 1 heterocycles. The van der Waals surface area contributed by atoms with E-state index in [0.717, 1.165) is 16.9 Å². The number of nitrogen functional groups attached to an aromatic ring is 1. The first-order valence-corrected chi connectivity index (χ1v) is 6.87. The highest BCUT2D eigenvalue weighted by Gasteiger charge is 2.08. The van der Waals surface area contributed by atoms with Crippen molar-refractivity contribution in [3.05, 3.63) is 57.0 Å². The molecule has 2 rings (SSSR count). The number of hydrogen-bond acceptors (Lipinski definition) is 5. The van der Waals surface area contributed by atoms with Crippen LogP contribution in [0.4, 0.5) is 16.4 Å². The summed E-state index contributed by atoms with van der Waals surface area (Å²) in [7, 11) is 0. The summed E-state index contributed by atoms with van der Waals surface area (Å²) in [6.45, 7) is 1.91. The van der Waals surface area contributed by atoms with Gasteiger partial charge in [-0.25, -0.2) is 0 Å². The Kier molecular flexibility index (Phi) is 4.34. The van der Waals surface area contributed by atoms with E-state index in [2.05, 4.69) is 5.32 Å². The van der Waals surface area contributed by atoms with Gasteiger partial charge in [0.25, 0.3) is 0 Å². The van der Waals surface area contributed by atoms with Crippen LogP contribution in [0.25, 0.3) is 6.08 Å². The smallest absolute Gasteiger partial charge is 0.324 e. The van der Waals surface area contributed by atoms with E-state index in [0.29, 0.717) is 16.3 Å². The van der Waals surface area contributed by atoms with Crippen molar-refractivity contribution in [1.82, 2.24) is 0 Å². The molecule has 1 aromatic carbocycles. The third-order valence-electron chi connectivity index (χ3n) is 2.66. The zero-order valence-corrected chi connectivity index (χ0v) is 12.0. The Bertz CT molecular complexity index is 722. The van der Waals surface area contributed by atoms with Crippen molar-refractivity contribution >= 4 is 39.7 Å². The molecule has 0 aliphatic heterocycles. The number of aryl methyl sites for hydroxylation is 1. The minimum Gasteiger partial charge on any atom is -0.397 e. The average molecular weight is 303 g/mol. The van der Waals surface area contributed by atoms with Gasteiger partial charge < -0.3 is 11.1 Å². The van der Waals surface area contributed by atoms with Gasteiger partial charge in [-0.1, -0.05) is 17.4 Å². The topological polar surface area (TPSA) is 98.3 Å². The summed E-state index contributed by atoms with van der Waals surface area (Å²) < 4.78 is 0. The molecule has 0 fully saturated rings. The second-order valence-corrected chi connectivity index (χ2v) is 5.44. The molecule has 1 aromatic heterocycles. The van der Waals surface area contributed by atoms with Crippen molar-refractivity contribution < 1.29 is 9.72 Å². The number of thiophene rings is 1. The number of nitrogens with zero attached hydrogens (tertiary/aromatic N) is 1. The van der Waals surface area contributed by atoms with Gasteiger partial charge in [-0.05, 0) is 36.8 Å². The number of rotatable bonds is 4. The fourth-order valence-electron chi connectivity index (χ4n) is 1.66. The maximum Gasteiger partial charge on any atom is 0.324 e. The van der Waals surface area contributed by atoms with E-state index >= 15 is 0 Å². The minimum absolute atomic E-state index is 0.0397. The first kappa shape index (κ1) is 14.7. The molecule has 3 N–H and O–H groups in total. The quantitative estimate of drug-likeness (QED) is 0.392. The van der Waals surface area contributed by atoms with Crippen molar-refractivity contribution in [3.63, 3.8) is 0 Å². The average Bonchev–Trinajstić information content (AvgIpc) is 2.89. The number of nitrogens with one attached hydrogen (secondary N) is 1. The summed E-state index contributed by atoms with van der Waals surface area (Å²) in [5.41, 5.74) is 7.83. The largest absolute Gasteiger partial charge is 0.397 e. The number of nitrogens with two attached hydrogens (primary N) is 1. The van der Waals surface area contributed by atoms with Crippen molar-refractivity contribution in [2.24, 2.45) is 0 Å². The fourth-order valence-corrected chi connectivity index (χ4v) is 2.38. The Morgan fingerprint density at radius 2 is 2.14 bits per heavy atom. The zero-order chi connectivity index (χ0) is 15.4. The van der Waals surface area contributed by atoms with Crippen LogP contribution in [-0.4, -0.2) is 10.8 Å². The van der Waals surface area contributed by atoms with E-state index < -0.39 is 4.92 Å². The Labute approximate surface area is 125 Å². The molecular formula is C14H13N3O3S. The zero-order valence-electron chi connectivity index (χ0n) is 11.2. The molecule has 0 bridgehead atoms. The van der Waals surface area contributed by atoms with Gasteiger partial charge in [0.2, 0.25) is 5.91 Å². The number of carbonyl (C=O) groups is 1. The highest BCUT2D eigenvalue weighted by Crippen LogP contribution is 2.25. The Balaban J connectivity index is 2.03. The van der Waals surface area contributed by atoms with Crippen LogP contribution < -0.4 is 11.1 Å². The molecule has 7 heteroatoms. The van der Waals surface area contributed by atoms with Crippen LogP contribution in [0.15, 0.2) is 36.4 Å². The van der Waals surface area contributed by atoms with Crippen LogP contribution in [0.1, 0.15) is 10.4 Å². The van der Waals surface area contributed by atoms with Gasteiger partial charge in [0.1, 0.15) is 0 Å². The Hall–Kier alpha value is -2.67. The van der Waals surface area contributed by atoms with Gasteiger partial charge in [0.15, 0.2) is 0 Å². The monoisotopic (exact) mass is 303 g/mol. The summed E-state index contributed by atoms with van der Waals surface area (Å²) in [5.74, 6) is -0.346. The predicted octanol–water partition coefficient (Wildman–Crippen LogP) is 3.20. The molecule has 108 valence electrons. The number of carbonyl (C=O) groups excluding carboxylic acids is 1. The predicted molar refractivity (Wildman–Crippen MR) is 84.2 cm³/mol. The Morgan fingerprint density at radius 3 is 2.76 bits per heavy atom. The standard InChI is InChI=1S/C14H13N3O3S/c1-9-2-5-12(11(15)8-9)16-13(18)6-3-10-4-7-14(21-10)17(19)20/h2-8H,15H2,1H3,(H,16,18)/b6-3+. The second-order valence-electron chi connectivity index (χ2n) is 4.35. The Morgan fingerprint density at radius 1 is 1.38 bits per heavy atom. The number of nitro groups is 1. The van der Waals surface area contributed by atoms with Gasteiger partial charge in [-0.2, -0.15) is 0 Å². The van der Waals surface area contributed by atoms with Crippen LogP contribution in [-0.2, 0) is 4.79 Å². The molecule has 0 unspecified atom stereocenters. The summed E-state index contributed by atoms with van der Waals surface area (Å²) >= 11 is 1.00. The van der Waals surface area contributed by atoms with Crippen LogP contribution in [0.2, 0.25) is 0 Å². The molecule has 0 atom stereocenters. The molecule has 2 aromatic rings. The molecule has 0 radical (unpaired) electrons. The lowest BCUT2D eigenvalue weighted by Crippen LogP contribution is -2.09. The second kappa shape index (κ2) is 6.19. The molecule has 6 nitrogen and oxygen atoms in total. The van der Waals surface area contributed by atoms with E-state index in [4.69, 9.17) is 5.73 Å². The summed E-state index contributed by atoms with van der Waals surface area (Å²) in [4.78, 5) is 22.5. The number of hydrogen-bond donors (Lipinski definition) is 2. The SMILES string of the molecule is Cc1ccc(NC(=O)/C=C/c2ccc([N+](=O)[O-])s2)c(N)c1. The maximum absolute atomic E-state index is 11.8. The van der Waals surface area contributed by atoms with Gasteiger partial charge in [0, 0.05) is 17.0 Å². The highest BCUT2D eigenvalue weighted by atomic mass is 32.1. The van der Waals surface area contributed by atoms with Crippen LogP contribution in [0.3, 0.4) is 0 Å². The highest BCUT2D eigenvalue weighted by molar-refractivity contribution is 7.16. The summed E-state index contributed by atoms with van der Waals surface area (Å²) in [6, 6.07) is 8.33. The van der Waals surface area contributed by atoms with Crippen molar-refractivity contribution in [1.29, 1.82) is 0 Å². The third-order valence-corrected chi connectivity index (χ3v) is 3.66. The molecule has 0 aliphatic carbocycles. The lowest BCUT2D eigenvalue weighted by atomic mass is 10.2. The van der Waals surface area contributed by atoms with E-state index in [1.165, 1.54) is 18.2 Å². The molecule has 1 amide bonds.